The lowest BCUT2D eigenvalue weighted by Crippen LogP contribution is -1.98. The minimum Gasteiger partial charge on any atom is -0.487 e. The number of aryl methyl sites for hydroxylation is 2. The maximum atomic E-state index is 5.63. The van der Waals surface area contributed by atoms with Gasteiger partial charge in [0, 0.05) is 5.56 Å². The van der Waals surface area contributed by atoms with E-state index in [0.717, 1.165) is 22.6 Å². The molecule has 0 spiro atoms. The Morgan fingerprint density at radius 1 is 1.32 bits per heavy atom. The Kier molecular flexibility index (Phi) is 4.43. The Morgan fingerprint density at radius 3 is 2.79 bits per heavy atom. The van der Waals surface area contributed by atoms with Gasteiger partial charge in [0.15, 0.2) is 0 Å². The molecule has 19 heavy (non-hydrogen) atoms. The third kappa shape index (κ3) is 3.49. The van der Waals surface area contributed by atoms with Gasteiger partial charge in [-0.05, 0) is 37.6 Å². The number of nitrogens with zero attached hydrogens (tertiary/aromatic N) is 2. The van der Waals surface area contributed by atoms with Crippen molar-refractivity contribution < 1.29 is 9.37 Å². The van der Waals surface area contributed by atoms with Crippen molar-refractivity contribution in [2.24, 2.45) is 0 Å². The van der Waals surface area contributed by atoms with Crippen LogP contribution in [-0.4, -0.2) is 16.2 Å². The van der Waals surface area contributed by atoms with Crippen molar-refractivity contribution in [1.82, 2.24) is 10.3 Å². The molecule has 5 heteroatoms. The van der Waals surface area contributed by atoms with Gasteiger partial charge in [-0.3, -0.25) is 0 Å². The summed E-state index contributed by atoms with van der Waals surface area (Å²) in [5.41, 5.74) is 3.43. The summed E-state index contributed by atoms with van der Waals surface area (Å²) in [5, 5.41) is 7.46. The maximum Gasteiger partial charge on any atom is 0.145 e. The molecule has 0 N–H and O–H groups in total. The summed E-state index contributed by atoms with van der Waals surface area (Å²) in [4.78, 5) is 0. The van der Waals surface area contributed by atoms with Crippen molar-refractivity contribution in [3.8, 4) is 17.6 Å². The third-order valence-electron chi connectivity index (χ3n) is 2.61. The van der Waals surface area contributed by atoms with Crippen LogP contribution >= 0.6 is 11.6 Å². The van der Waals surface area contributed by atoms with Crippen LogP contribution in [0.4, 0.5) is 0 Å². The first-order valence-corrected chi connectivity index (χ1v) is 6.30. The zero-order valence-corrected chi connectivity index (χ0v) is 11.5. The quantitative estimate of drug-likeness (QED) is 0.639. The Hall–Kier alpha value is -1.99. The highest BCUT2D eigenvalue weighted by atomic mass is 35.5. The summed E-state index contributed by atoms with van der Waals surface area (Å²) >= 11 is 5.54. The predicted octanol–water partition coefficient (Wildman–Crippen LogP) is 2.86. The molecule has 0 aliphatic heterocycles. The minimum atomic E-state index is 0.329. The normalized spacial score (nSPS) is 9.84. The molecule has 0 radical (unpaired) electrons. The molecule has 0 bridgehead atoms. The minimum absolute atomic E-state index is 0.329. The zero-order valence-electron chi connectivity index (χ0n) is 10.7. The molecule has 0 aliphatic carbocycles. The fourth-order valence-electron chi connectivity index (χ4n) is 1.53. The van der Waals surface area contributed by atoms with Crippen LogP contribution in [0.15, 0.2) is 22.8 Å². The van der Waals surface area contributed by atoms with E-state index in [1.165, 1.54) is 0 Å². The topological polar surface area (TPSA) is 48.2 Å². The molecule has 0 saturated heterocycles. The van der Waals surface area contributed by atoms with E-state index in [9.17, 15) is 0 Å². The molecule has 98 valence electrons. The maximum absolute atomic E-state index is 5.63. The Morgan fingerprint density at radius 2 is 2.16 bits per heavy atom. The number of benzene rings is 1. The van der Waals surface area contributed by atoms with Gasteiger partial charge in [-0.25, -0.2) is 4.63 Å². The molecule has 1 heterocycles. The standard InChI is InChI=1S/C14H13ClN2O2/c1-10-8-13(6-5-12(10)4-3-7-15)18-9-14-11(2)16-19-17-14/h5-6,8H,7,9H2,1-2H3. The second-order valence-electron chi connectivity index (χ2n) is 4.00. The second-order valence-corrected chi connectivity index (χ2v) is 4.26. The van der Waals surface area contributed by atoms with Crippen molar-refractivity contribution in [2.45, 2.75) is 20.5 Å². The van der Waals surface area contributed by atoms with Gasteiger partial charge >= 0.3 is 0 Å². The van der Waals surface area contributed by atoms with Crippen LogP contribution in [0.25, 0.3) is 0 Å². The number of hydrogen-bond donors (Lipinski definition) is 0. The molecule has 2 aromatic rings. The third-order valence-corrected chi connectivity index (χ3v) is 2.74. The molecule has 0 atom stereocenters. The monoisotopic (exact) mass is 276 g/mol. The summed E-state index contributed by atoms with van der Waals surface area (Å²) in [7, 11) is 0. The van der Waals surface area contributed by atoms with Crippen molar-refractivity contribution in [2.75, 3.05) is 5.88 Å². The zero-order chi connectivity index (χ0) is 13.7. The van der Waals surface area contributed by atoms with E-state index < -0.39 is 0 Å². The average Bonchev–Trinajstić information content (AvgIpc) is 2.81. The molecular formula is C14H13ClN2O2. The summed E-state index contributed by atoms with van der Waals surface area (Å²) in [6, 6.07) is 5.72. The summed E-state index contributed by atoms with van der Waals surface area (Å²) in [5.74, 6) is 6.91. The molecule has 0 saturated carbocycles. The van der Waals surface area contributed by atoms with E-state index in [2.05, 4.69) is 26.8 Å². The van der Waals surface area contributed by atoms with Crippen molar-refractivity contribution in [3.63, 3.8) is 0 Å². The Balaban J connectivity index is 2.06. The molecule has 1 aromatic carbocycles. The average molecular weight is 277 g/mol. The molecule has 1 aromatic heterocycles. The Labute approximate surface area is 116 Å². The first-order valence-electron chi connectivity index (χ1n) is 5.77. The van der Waals surface area contributed by atoms with E-state index in [-0.39, 0.29) is 0 Å². The van der Waals surface area contributed by atoms with Crippen LogP contribution in [0.1, 0.15) is 22.5 Å². The van der Waals surface area contributed by atoms with Gasteiger partial charge in [-0.1, -0.05) is 22.2 Å². The number of ether oxygens (including phenoxy) is 1. The first kappa shape index (κ1) is 13.4. The van der Waals surface area contributed by atoms with E-state index in [0.29, 0.717) is 18.2 Å². The largest absolute Gasteiger partial charge is 0.487 e. The highest BCUT2D eigenvalue weighted by Gasteiger charge is 2.06. The van der Waals surface area contributed by atoms with Crippen LogP contribution in [0.2, 0.25) is 0 Å². The number of hydrogen-bond acceptors (Lipinski definition) is 4. The lowest BCUT2D eigenvalue weighted by Gasteiger charge is -2.06. The summed E-state index contributed by atoms with van der Waals surface area (Å²) in [6.45, 7) is 4.14. The SMILES string of the molecule is Cc1cc(OCc2nonc2C)ccc1C#CCCl. The van der Waals surface area contributed by atoms with Gasteiger partial charge in [-0.15, -0.1) is 11.6 Å². The van der Waals surface area contributed by atoms with Crippen LogP contribution < -0.4 is 4.74 Å². The van der Waals surface area contributed by atoms with E-state index >= 15 is 0 Å². The lowest BCUT2D eigenvalue weighted by atomic mass is 10.1. The number of alkyl halides is 1. The molecule has 4 nitrogen and oxygen atoms in total. The van der Waals surface area contributed by atoms with E-state index in [4.69, 9.17) is 16.3 Å². The lowest BCUT2D eigenvalue weighted by molar-refractivity contribution is 0.270. The van der Waals surface area contributed by atoms with Crippen molar-refractivity contribution in [3.05, 3.63) is 40.7 Å². The first-order chi connectivity index (χ1) is 9.20. The van der Waals surface area contributed by atoms with Crippen LogP contribution in [0, 0.1) is 25.7 Å². The van der Waals surface area contributed by atoms with Crippen molar-refractivity contribution >= 4 is 11.6 Å². The van der Waals surface area contributed by atoms with Gasteiger partial charge in [0.05, 0.1) is 5.88 Å². The highest BCUT2D eigenvalue weighted by Crippen LogP contribution is 2.18. The molecule has 0 fully saturated rings. The van der Waals surface area contributed by atoms with Crippen LogP contribution in [0.5, 0.6) is 5.75 Å². The highest BCUT2D eigenvalue weighted by molar-refractivity contribution is 6.19. The number of halogens is 1. The fraction of sp³-hybridized carbons (Fsp3) is 0.286. The molecule has 0 amide bonds. The molecule has 2 rings (SSSR count). The summed E-state index contributed by atoms with van der Waals surface area (Å²) in [6.07, 6.45) is 0. The molecular weight excluding hydrogens is 264 g/mol. The molecule has 0 aliphatic rings. The van der Waals surface area contributed by atoms with Gasteiger partial charge in [0.2, 0.25) is 0 Å². The van der Waals surface area contributed by atoms with Crippen LogP contribution in [-0.2, 0) is 6.61 Å². The second kappa shape index (κ2) is 6.26. The predicted molar refractivity (Wildman–Crippen MR) is 72.1 cm³/mol. The number of aromatic nitrogens is 2. The molecule has 0 unspecified atom stereocenters. The van der Waals surface area contributed by atoms with Gasteiger partial charge in [0.1, 0.15) is 23.7 Å². The van der Waals surface area contributed by atoms with Gasteiger partial charge in [-0.2, -0.15) is 0 Å². The van der Waals surface area contributed by atoms with E-state index in [1.54, 1.807) is 0 Å². The van der Waals surface area contributed by atoms with Gasteiger partial charge in [0.25, 0.3) is 0 Å². The summed E-state index contributed by atoms with van der Waals surface area (Å²) < 4.78 is 10.2. The smallest absolute Gasteiger partial charge is 0.145 e. The van der Waals surface area contributed by atoms with E-state index in [1.807, 2.05) is 32.0 Å². The number of rotatable bonds is 3. The fourth-order valence-corrected chi connectivity index (χ4v) is 1.59. The van der Waals surface area contributed by atoms with Crippen LogP contribution in [0.3, 0.4) is 0 Å². The van der Waals surface area contributed by atoms with Gasteiger partial charge < -0.3 is 4.74 Å². The van der Waals surface area contributed by atoms with Crippen molar-refractivity contribution in [1.29, 1.82) is 0 Å². The Bertz CT molecular complexity index is 626.